The highest BCUT2D eigenvalue weighted by Crippen LogP contribution is 2.22. The van der Waals surface area contributed by atoms with Gasteiger partial charge in [-0.15, -0.1) is 0 Å². The molecule has 1 saturated heterocycles. The molecule has 0 atom stereocenters. The van der Waals surface area contributed by atoms with Crippen LogP contribution in [0.15, 0.2) is 30.5 Å². The Bertz CT molecular complexity index is 881. The molecule has 7 nitrogen and oxygen atoms in total. The number of aliphatic carboxylic acids is 1. The van der Waals surface area contributed by atoms with Crippen LogP contribution < -0.4 is 0 Å². The van der Waals surface area contributed by atoms with E-state index < -0.39 is 5.97 Å². The van der Waals surface area contributed by atoms with E-state index in [1.807, 2.05) is 19.2 Å². The van der Waals surface area contributed by atoms with E-state index in [2.05, 4.69) is 22.9 Å². The molecule has 150 valence electrons. The van der Waals surface area contributed by atoms with Crippen molar-refractivity contribution < 1.29 is 19.5 Å². The maximum absolute atomic E-state index is 12.5. The summed E-state index contributed by atoms with van der Waals surface area (Å²) in [6.07, 6.45) is 3.97. The number of carbonyl (C=O) groups is 3. The molecule has 2 aromatic rings. The fraction of sp³-hybridized carbons (Fsp3) is 0.476. The van der Waals surface area contributed by atoms with Crippen molar-refractivity contribution in [2.45, 2.75) is 25.7 Å². The van der Waals surface area contributed by atoms with Crippen LogP contribution in [0.4, 0.5) is 0 Å². The van der Waals surface area contributed by atoms with Gasteiger partial charge in [0.1, 0.15) is 0 Å². The van der Waals surface area contributed by atoms with Crippen LogP contribution in [-0.2, 0) is 27.9 Å². The molecule has 2 amide bonds. The molecule has 1 aliphatic rings. The van der Waals surface area contributed by atoms with Crippen LogP contribution in [0.5, 0.6) is 0 Å². The molecule has 0 radical (unpaired) electrons. The Morgan fingerprint density at radius 1 is 1.18 bits per heavy atom. The van der Waals surface area contributed by atoms with Gasteiger partial charge in [-0.3, -0.25) is 14.4 Å². The third kappa shape index (κ3) is 4.35. The molecule has 1 aromatic carbocycles. The molecule has 7 heteroatoms. The fourth-order valence-electron chi connectivity index (χ4n) is 3.82. The topological polar surface area (TPSA) is 82.9 Å². The van der Waals surface area contributed by atoms with Crippen LogP contribution in [0.25, 0.3) is 10.9 Å². The lowest BCUT2D eigenvalue weighted by molar-refractivity contribution is -0.146. The van der Waals surface area contributed by atoms with E-state index in [1.54, 1.807) is 11.9 Å². The first-order chi connectivity index (χ1) is 13.4. The number of amides is 2. The summed E-state index contributed by atoms with van der Waals surface area (Å²) in [4.78, 5) is 39.1. The third-order valence-corrected chi connectivity index (χ3v) is 5.58. The van der Waals surface area contributed by atoms with Crippen LogP contribution in [0.1, 0.15) is 24.8 Å². The van der Waals surface area contributed by atoms with E-state index in [1.165, 1.54) is 4.90 Å². The zero-order chi connectivity index (χ0) is 20.3. The van der Waals surface area contributed by atoms with Crippen molar-refractivity contribution in [2.75, 3.05) is 26.7 Å². The Hall–Kier alpha value is -2.83. The Morgan fingerprint density at radius 3 is 2.54 bits per heavy atom. The summed E-state index contributed by atoms with van der Waals surface area (Å²) < 4.78 is 2.06. The minimum absolute atomic E-state index is 0.0338. The van der Waals surface area contributed by atoms with Gasteiger partial charge in [0.2, 0.25) is 11.8 Å². The van der Waals surface area contributed by atoms with Crippen LogP contribution in [-0.4, -0.2) is 63.9 Å². The van der Waals surface area contributed by atoms with Crippen molar-refractivity contribution in [3.8, 4) is 0 Å². The number of carboxylic acid groups (broad SMARTS) is 1. The molecule has 2 heterocycles. The van der Waals surface area contributed by atoms with Gasteiger partial charge in [0.15, 0.2) is 0 Å². The molecule has 1 N–H and O–H groups in total. The van der Waals surface area contributed by atoms with Crippen LogP contribution in [0.2, 0.25) is 0 Å². The Morgan fingerprint density at radius 2 is 1.86 bits per heavy atom. The van der Waals surface area contributed by atoms with E-state index in [0.717, 1.165) is 16.5 Å². The summed E-state index contributed by atoms with van der Waals surface area (Å²) in [5, 5.41) is 10.2. The molecule has 1 fully saturated rings. The minimum Gasteiger partial charge on any atom is -0.481 e. The van der Waals surface area contributed by atoms with Crippen molar-refractivity contribution in [3.63, 3.8) is 0 Å². The zero-order valence-electron chi connectivity index (χ0n) is 16.4. The van der Waals surface area contributed by atoms with E-state index in [9.17, 15) is 14.4 Å². The molecule has 0 bridgehead atoms. The quantitative estimate of drug-likeness (QED) is 0.823. The van der Waals surface area contributed by atoms with Crippen molar-refractivity contribution in [1.82, 2.24) is 14.4 Å². The lowest BCUT2D eigenvalue weighted by Gasteiger charge is -2.31. The van der Waals surface area contributed by atoms with Gasteiger partial charge in [0.25, 0.3) is 0 Å². The number of rotatable bonds is 6. The molecule has 1 aliphatic heterocycles. The van der Waals surface area contributed by atoms with Gasteiger partial charge in [-0.25, -0.2) is 0 Å². The van der Waals surface area contributed by atoms with Gasteiger partial charge in [-0.05, 0) is 30.9 Å². The third-order valence-electron chi connectivity index (χ3n) is 5.58. The number of carbonyl (C=O) groups excluding carboxylic acids is 2. The monoisotopic (exact) mass is 385 g/mol. The van der Waals surface area contributed by atoms with E-state index in [0.29, 0.717) is 38.8 Å². The van der Waals surface area contributed by atoms with Gasteiger partial charge in [0, 0.05) is 50.7 Å². The molecular formula is C21H27N3O4. The highest BCUT2D eigenvalue weighted by atomic mass is 16.4. The number of benzene rings is 1. The van der Waals surface area contributed by atoms with Crippen LogP contribution in [0.3, 0.4) is 0 Å². The fourth-order valence-corrected chi connectivity index (χ4v) is 3.82. The predicted molar refractivity (Wildman–Crippen MR) is 106 cm³/mol. The number of hydrogen-bond acceptors (Lipinski definition) is 3. The first-order valence-electron chi connectivity index (χ1n) is 9.64. The molecule has 0 aliphatic carbocycles. The van der Waals surface area contributed by atoms with Crippen molar-refractivity contribution >= 4 is 28.7 Å². The second-order valence-electron chi connectivity index (χ2n) is 7.53. The molecule has 1 aromatic heterocycles. The lowest BCUT2D eigenvalue weighted by Crippen LogP contribution is -2.45. The average molecular weight is 385 g/mol. The largest absolute Gasteiger partial charge is 0.481 e. The number of aromatic nitrogens is 1. The number of fused-ring (bicyclic) bond motifs is 1. The Kier molecular flexibility index (Phi) is 6.02. The maximum Gasteiger partial charge on any atom is 0.306 e. The highest BCUT2D eigenvalue weighted by Gasteiger charge is 2.27. The molecule has 0 unspecified atom stereocenters. The molecule has 0 saturated carbocycles. The summed E-state index contributed by atoms with van der Waals surface area (Å²) in [6.45, 7) is 0.910. The standard InChI is InChI=1S/C21H27N3O4/c1-22-13-16(17-5-3-4-6-18(17)22)7-8-19(25)23(2)14-20(26)24-11-9-15(10-12-24)21(27)28/h3-6,13,15H,7-12,14H2,1-2H3,(H,27,28). The second-order valence-corrected chi connectivity index (χ2v) is 7.53. The summed E-state index contributed by atoms with van der Waals surface area (Å²) in [6, 6.07) is 8.10. The smallest absolute Gasteiger partial charge is 0.306 e. The van der Waals surface area contributed by atoms with Crippen molar-refractivity contribution in [1.29, 1.82) is 0 Å². The van der Waals surface area contributed by atoms with Crippen molar-refractivity contribution in [2.24, 2.45) is 13.0 Å². The highest BCUT2D eigenvalue weighted by molar-refractivity contribution is 5.87. The Balaban J connectivity index is 1.50. The van der Waals surface area contributed by atoms with Crippen LogP contribution >= 0.6 is 0 Å². The molecule has 3 rings (SSSR count). The first kappa shape index (κ1) is 19.9. The van der Waals surface area contributed by atoms with Crippen LogP contribution in [0, 0.1) is 5.92 Å². The van der Waals surface area contributed by atoms with E-state index in [-0.39, 0.29) is 24.3 Å². The molecular weight excluding hydrogens is 358 g/mol. The first-order valence-corrected chi connectivity index (χ1v) is 9.64. The number of piperidine rings is 1. The lowest BCUT2D eigenvalue weighted by atomic mass is 9.97. The number of likely N-dealkylation sites (N-methyl/N-ethyl adjacent to an activating group) is 1. The maximum atomic E-state index is 12.5. The number of likely N-dealkylation sites (tertiary alicyclic amines) is 1. The Labute approximate surface area is 164 Å². The zero-order valence-corrected chi connectivity index (χ0v) is 16.4. The SMILES string of the molecule is CN(CC(=O)N1CCC(C(=O)O)CC1)C(=O)CCc1cn(C)c2ccccc12. The molecule has 28 heavy (non-hydrogen) atoms. The number of para-hydroxylation sites is 1. The van der Waals surface area contributed by atoms with Gasteiger partial charge in [-0.2, -0.15) is 0 Å². The molecule has 0 spiro atoms. The van der Waals surface area contributed by atoms with Gasteiger partial charge in [-0.1, -0.05) is 18.2 Å². The van der Waals surface area contributed by atoms with E-state index >= 15 is 0 Å². The summed E-state index contributed by atoms with van der Waals surface area (Å²) in [5.74, 6) is -1.36. The second kappa shape index (κ2) is 8.46. The van der Waals surface area contributed by atoms with E-state index in [4.69, 9.17) is 5.11 Å². The summed E-state index contributed by atoms with van der Waals surface area (Å²) in [7, 11) is 3.64. The number of aryl methyl sites for hydroxylation is 2. The normalized spacial score (nSPS) is 15.0. The van der Waals surface area contributed by atoms with Gasteiger partial charge >= 0.3 is 5.97 Å². The van der Waals surface area contributed by atoms with Gasteiger partial charge < -0.3 is 19.5 Å². The number of nitrogens with zero attached hydrogens (tertiary/aromatic N) is 3. The number of hydrogen-bond donors (Lipinski definition) is 1. The number of carboxylic acids is 1. The average Bonchev–Trinajstić information content (AvgIpc) is 3.02. The summed E-state index contributed by atoms with van der Waals surface area (Å²) >= 11 is 0. The van der Waals surface area contributed by atoms with Crippen molar-refractivity contribution in [3.05, 3.63) is 36.0 Å². The predicted octanol–water partition coefficient (Wildman–Crippen LogP) is 1.89. The summed E-state index contributed by atoms with van der Waals surface area (Å²) in [5.41, 5.74) is 2.26. The minimum atomic E-state index is -0.798. The van der Waals surface area contributed by atoms with Gasteiger partial charge in [0.05, 0.1) is 12.5 Å².